The Hall–Kier alpha value is -0.470. The van der Waals surface area contributed by atoms with Gasteiger partial charge in [0, 0.05) is 16.2 Å². The van der Waals surface area contributed by atoms with E-state index in [4.69, 9.17) is 0 Å². The third-order valence-electron chi connectivity index (χ3n) is 4.80. The van der Waals surface area contributed by atoms with E-state index in [1.807, 2.05) is 0 Å². The Labute approximate surface area is 135 Å². The fourth-order valence-corrected chi connectivity index (χ4v) is 4.90. The van der Waals surface area contributed by atoms with Crippen LogP contribution in [0.15, 0.2) is 29.2 Å². The lowest BCUT2D eigenvalue weighted by molar-refractivity contribution is 0.295. The molecule has 1 N–H and O–H groups in total. The molecule has 2 heteroatoms. The van der Waals surface area contributed by atoms with E-state index in [9.17, 15) is 0 Å². The molecule has 118 valence electrons. The van der Waals surface area contributed by atoms with Gasteiger partial charge in [0.05, 0.1) is 0 Å². The van der Waals surface area contributed by atoms with Crippen molar-refractivity contribution in [2.24, 2.45) is 5.92 Å². The van der Waals surface area contributed by atoms with Crippen LogP contribution in [0.25, 0.3) is 0 Å². The number of hydrogen-bond acceptors (Lipinski definition) is 2. The summed E-state index contributed by atoms with van der Waals surface area (Å²) in [6.45, 7) is 6.84. The van der Waals surface area contributed by atoms with E-state index in [0.29, 0.717) is 12.0 Å². The highest BCUT2D eigenvalue weighted by atomic mass is 32.2. The SMILES string of the molecule is CCCC1CCC(NC)C(Sc2ccc(C(C)C)cc2)C1. The van der Waals surface area contributed by atoms with Gasteiger partial charge >= 0.3 is 0 Å². The van der Waals surface area contributed by atoms with Crippen LogP contribution in [0.1, 0.15) is 64.4 Å². The fourth-order valence-electron chi connectivity index (χ4n) is 3.45. The van der Waals surface area contributed by atoms with E-state index in [1.165, 1.54) is 42.6 Å². The van der Waals surface area contributed by atoms with Gasteiger partial charge in [-0.2, -0.15) is 0 Å². The third-order valence-corrected chi connectivity index (χ3v) is 6.17. The summed E-state index contributed by atoms with van der Waals surface area (Å²) in [5.41, 5.74) is 1.44. The Kier molecular flexibility index (Phi) is 6.63. The lowest BCUT2D eigenvalue weighted by Gasteiger charge is -2.35. The van der Waals surface area contributed by atoms with Gasteiger partial charge in [-0.15, -0.1) is 11.8 Å². The van der Waals surface area contributed by atoms with Crippen molar-refractivity contribution in [3.63, 3.8) is 0 Å². The lowest BCUT2D eigenvalue weighted by atomic mass is 9.83. The van der Waals surface area contributed by atoms with Crippen molar-refractivity contribution in [1.29, 1.82) is 0 Å². The Bertz CT molecular complexity index is 412. The molecule has 1 aromatic carbocycles. The Morgan fingerprint density at radius 1 is 1.19 bits per heavy atom. The summed E-state index contributed by atoms with van der Waals surface area (Å²) < 4.78 is 0. The van der Waals surface area contributed by atoms with Gasteiger partial charge in [0.1, 0.15) is 0 Å². The third kappa shape index (κ3) is 4.75. The smallest absolute Gasteiger partial charge is 0.0250 e. The first kappa shape index (κ1) is 16.9. The summed E-state index contributed by atoms with van der Waals surface area (Å²) >= 11 is 2.08. The number of thioether (sulfide) groups is 1. The van der Waals surface area contributed by atoms with Gasteiger partial charge in [-0.3, -0.25) is 0 Å². The highest BCUT2D eigenvalue weighted by molar-refractivity contribution is 8.00. The summed E-state index contributed by atoms with van der Waals surface area (Å²) in [5, 5.41) is 4.27. The van der Waals surface area contributed by atoms with Gasteiger partial charge in [0.2, 0.25) is 0 Å². The lowest BCUT2D eigenvalue weighted by Crippen LogP contribution is -2.40. The zero-order valence-corrected chi connectivity index (χ0v) is 14.9. The fraction of sp³-hybridized carbons (Fsp3) is 0.684. The number of hydrogen-bond donors (Lipinski definition) is 1. The first-order valence-electron chi connectivity index (χ1n) is 8.57. The average molecular weight is 306 g/mol. The molecule has 21 heavy (non-hydrogen) atoms. The molecule has 0 amide bonds. The molecule has 2 rings (SSSR count). The second-order valence-corrected chi connectivity index (χ2v) is 8.06. The van der Waals surface area contributed by atoms with Crippen molar-refractivity contribution in [3.05, 3.63) is 29.8 Å². The average Bonchev–Trinajstić information content (AvgIpc) is 2.48. The molecule has 1 aliphatic carbocycles. The molecule has 3 atom stereocenters. The maximum Gasteiger partial charge on any atom is 0.0250 e. The van der Waals surface area contributed by atoms with Crippen LogP contribution in [-0.2, 0) is 0 Å². The van der Waals surface area contributed by atoms with Gasteiger partial charge in [0.25, 0.3) is 0 Å². The van der Waals surface area contributed by atoms with Crippen molar-refractivity contribution < 1.29 is 0 Å². The van der Waals surface area contributed by atoms with E-state index in [2.05, 4.69) is 69.2 Å². The molecule has 0 spiro atoms. The van der Waals surface area contributed by atoms with Crippen LogP contribution < -0.4 is 5.32 Å². The summed E-state index contributed by atoms with van der Waals surface area (Å²) in [7, 11) is 2.13. The Morgan fingerprint density at radius 3 is 2.48 bits per heavy atom. The first-order valence-corrected chi connectivity index (χ1v) is 9.45. The minimum absolute atomic E-state index is 0.623. The maximum absolute atomic E-state index is 3.55. The van der Waals surface area contributed by atoms with E-state index in [-0.39, 0.29) is 0 Å². The van der Waals surface area contributed by atoms with Crippen molar-refractivity contribution in [1.82, 2.24) is 5.32 Å². The summed E-state index contributed by atoms with van der Waals surface area (Å²) in [5.74, 6) is 1.56. The summed E-state index contributed by atoms with van der Waals surface area (Å²) in [6.07, 6.45) is 6.84. The van der Waals surface area contributed by atoms with Gasteiger partial charge in [0.15, 0.2) is 0 Å². The molecule has 1 saturated carbocycles. The Morgan fingerprint density at radius 2 is 1.90 bits per heavy atom. The van der Waals surface area contributed by atoms with E-state index >= 15 is 0 Å². The molecule has 1 aromatic rings. The molecule has 1 fully saturated rings. The monoisotopic (exact) mass is 305 g/mol. The van der Waals surface area contributed by atoms with Gasteiger partial charge in [-0.25, -0.2) is 0 Å². The molecule has 0 aliphatic heterocycles. The second kappa shape index (κ2) is 8.24. The van der Waals surface area contributed by atoms with E-state index in [0.717, 1.165) is 11.2 Å². The van der Waals surface area contributed by atoms with Gasteiger partial charge in [-0.1, -0.05) is 45.7 Å². The topological polar surface area (TPSA) is 12.0 Å². The predicted molar refractivity (Wildman–Crippen MR) is 95.3 cm³/mol. The quantitative estimate of drug-likeness (QED) is 0.749. The van der Waals surface area contributed by atoms with Crippen LogP contribution >= 0.6 is 11.8 Å². The molecule has 1 aliphatic rings. The van der Waals surface area contributed by atoms with Crippen LogP contribution in [-0.4, -0.2) is 18.3 Å². The molecule has 0 heterocycles. The van der Waals surface area contributed by atoms with Crippen molar-refractivity contribution in [2.75, 3.05) is 7.05 Å². The second-order valence-electron chi connectivity index (χ2n) is 6.74. The predicted octanol–water partition coefficient (Wildman–Crippen LogP) is 5.46. The van der Waals surface area contributed by atoms with Crippen molar-refractivity contribution in [2.45, 2.75) is 75.0 Å². The molecular formula is C19H31NS. The number of nitrogens with one attached hydrogen (secondary N) is 1. The van der Waals surface area contributed by atoms with Crippen LogP contribution in [0.3, 0.4) is 0 Å². The van der Waals surface area contributed by atoms with Crippen LogP contribution in [0.5, 0.6) is 0 Å². The molecule has 3 unspecified atom stereocenters. The zero-order chi connectivity index (χ0) is 15.2. The van der Waals surface area contributed by atoms with Crippen LogP contribution in [0.2, 0.25) is 0 Å². The molecule has 0 saturated heterocycles. The molecule has 0 radical (unpaired) electrons. The molecule has 0 aromatic heterocycles. The van der Waals surface area contributed by atoms with E-state index in [1.54, 1.807) is 0 Å². The summed E-state index contributed by atoms with van der Waals surface area (Å²) in [4.78, 5) is 1.43. The first-order chi connectivity index (χ1) is 10.1. The summed E-state index contributed by atoms with van der Waals surface area (Å²) in [6, 6.07) is 9.90. The molecule has 1 nitrogen and oxygen atoms in total. The highest BCUT2D eigenvalue weighted by Gasteiger charge is 2.29. The van der Waals surface area contributed by atoms with E-state index < -0.39 is 0 Å². The minimum atomic E-state index is 0.623. The van der Waals surface area contributed by atoms with Crippen LogP contribution in [0, 0.1) is 5.92 Å². The standard InChI is InChI=1S/C19H31NS/c1-5-6-15-7-12-18(20-4)19(13-15)21-17-10-8-16(9-11-17)14(2)3/h8-11,14-15,18-20H,5-7,12-13H2,1-4H3. The van der Waals surface area contributed by atoms with Gasteiger partial charge in [-0.05, 0) is 55.8 Å². The van der Waals surface area contributed by atoms with Gasteiger partial charge < -0.3 is 5.32 Å². The highest BCUT2D eigenvalue weighted by Crippen LogP contribution is 2.38. The maximum atomic E-state index is 3.55. The Balaban J connectivity index is 2.00. The normalized spacial score (nSPS) is 26.2. The van der Waals surface area contributed by atoms with Crippen molar-refractivity contribution in [3.8, 4) is 0 Å². The number of benzene rings is 1. The van der Waals surface area contributed by atoms with Crippen molar-refractivity contribution >= 4 is 11.8 Å². The minimum Gasteiger partial charge on any atom is -0.316 e. The van der Waals surface area contributed by atoms with Crippen LogP contribution in [0.4, 0.5) is 0 Å². The number of rotatable bonds is 6. The largest absolute Gasteiger partial charge is 0.316 e. The zero-order valence-electron chi connectivity index (χ0n) is 14.1. The molecular weight excluding hydrogens is 274 g/mol. The molecule has 0 bridgehead atoms.